The molecule has 1 aromatic carbocycles. The Morgan fingerprint density at radius 2 is 2.26 bits per heavy atom. The van der Waals surface area contributed by atoms with E-state index in [0.717, 1.165) is 9.88 Å². The van der Waals surface area contributed by atoms with Crippen LogP contribution in [0.1, 0.15) is 9.88 Å². The lowest BCUT2D eigenvalue weighted by atomic mass is 10.3. The van der Waals surface area contributed by atoms with Crippen LogP contribution in [0.25, 0.3) is 11.0 Å². The SMILES string of the molecule is Cc1ncc(Cn2c(N)nc3cc(Br)c(F)cc32)s1. The summed E-state index contributed by atoms with van der Waals surface area (Å²) in [5.74, 6) is 0.0488. The maximum absolute atomic E-state index is 13.6. The van der Waals surface area contributed by atoms with Crippen molar-refractivity contribution in [2.45, 2.75) is 13.5 Å². The lowest BCUT2D eigenvalue weighted by Crippen LogP contribution is -2.03. The van der Waals surface area contributed by atoms with Gasteiger partial charge in [0.25, 0.3) is 0 Å². The Kier molecular flexibility index (Phi) is 3.02. The van der Waals surface area contributed by atoms with Crippen molar-refractivity contribution in [3.8, 4) is 0 Å². The van der Waals surface area contributed by atoms with Crippen LogP contribution in [0.4, 0.5) is 10.3 Å². The van der Waals surface area contributed by atoms with E-state index in [-0.39, 0.29) is 5.82 Å². The minimum atomic E-state index is -0.325. The molecule has 7 heteroatoms. The molecule has 0 amide bonds. The van der Waals surface area contributed by atoms with Crippen LogP contribution in [-0.2, 0) is 6.54 Å². The number of nitrogens with zero attached hydrogens (tertiary/aromatic N) is 3. The quantitative estimate of drug-likeness (QED) is 0.778. The summed E-state index contributed by atoms with van der Waals surface area (Å²) in [6, 6.07) is 3.08. The van der Waals surface area contributed by atoms with Gasteiger partial charge in [-0.2, -0.15) is 0 Å². The third-order valence-electron chi connectivity index (χ3n) is 2.80. The molecule has 0 aliphatic rings. The van der Waals surface area contributed by atoms with Crippen LogP contribution in [0.3, 0.4) is 0 Å². The van der Waals surface area contributed by atoms with Crippen molar-refractivity contribution in [3.63, 3.8) is 0 Å². The third-order valence-corrected chi connectivity index (χ3v) is 4.31. The van der Waals surface area contributed by atoms with Gasteiger partial charge in [0.1, 0.15) is 5.82 Å². The number of fused-ring (bicyclic) bond motifs is 1. The molecule has 0 atom stereocenters. The average Bonchev–Trinajstić information content (AvgIpc) is 2.87. The van der Waals surface area contributed by atoms with E-state index in [0.29, 0.717) is 28.0 Å². The number of halogens is 2. The molecule has 0 radical (unpaired) electrons. The maximum atomic E-state index is 13.6. The lowest BCUT2D eigenvalue weighted by Gasteiger charge is -2.04. The second-order valence-electron chi connectivity index (χ2n) is 4.16. The molecule has 0 spiro atoms. The van der Waals surface area contributed by atoms with E-state index in [1.807, 2.05) is 6.92 Å². The van der Waals surface area contributed by atoms with E-state index in [1.54, 1.807) is 28.2 Å². The Balaban J connectivity index is 2.12. The van der Waals surface area contributed by atoms with Gasteiger partial charge >= 0.3 is 0 Å². The van der Waals surface area contributed by atoms with Gasteiger partial charge in [0, 0.05) is 17.1 Å². The number of benzene rings is 1. The van der Waals surface area contributed by atoms with Crippen LogP contribution in [0, 0.1) is 12.7 Å². The standard InChI is InChI=1S/C12H10BrFN4S/c1-6-16-4-7(19-6)5-18-11-3-9(14)8(13)2-10(11)17-12(18)15/h2-4H,5H2,1H3,(H2,15,17). The van der Waals surface area contributed by atoms with Gasteiger partial charge in [-0.3, -0.25) is 0 Å². The van der Waals surface area contributed by atoms with Gasteiger partial charge in [-0.05, 0) is 28.9 Å². The van der Waals surface area contributed by atoms with Gasteiger partial charge in [-0.1, -0.05) is 0 Å². The molecular weight excluding hydrogens is 331 g/mol. The van der Waals surface area contributed by atoms with E-state index >= 15 is 0 Å². The van der Waals surface area contributed by atoms with Crippen molar-refractivity contribution in [3.05, 3.63) is 38.5 Å². The van der Waals surface area contributed by atoms with Crippen molar-refractivity contribution in [2.24, 2.45) is 0 Å². The van der Waals surface area contributed by atoms with Crippen LogP contribution in [0.5, 0.6) is 0 Å². The summed E-state index contributed by atoms with van der Waals surface area (Å²) in [7, 11) is 0. The smallest absolute Gasteiger partial charge is 0.201 e. The topological polar surface area (TPSA) is 56.7 Å². The molecule has 0 saturated heterocycles. The number of hydrogen-bond acceptors (Lipinski definition) is 4. The fourth-order valence-electron chi connectivity index (χ4n) is 1.94. The Morgan fingerprint density at radius 3 is 2.95 bits per heavy atom. The van der Waals surface area contributed by atoms with Crippen LogP contribution < -0.4 is 5.73 Å². The first-order chi connectivity index (χ1) is 9.04. The zero-order valence-corrected chi connectivity index (χ0v) is 12.4. The monoisotopic (exact) mass is 340 g/mol. The molecule has 0 aliphatic heterocycles. The van der Waals surface area contributed by atoms with E-state index in [9.17, 15) is 4.39 Å². The second kappa shape index (κ2) is 4.57. The Morgan fingerprint density at radius 1 is 1.47 bits per heavy atom. The van der Waals surface area contributed by atoms with Crippen LogP contribution >= 0.6 is 27.3 Å². The first-order valence-corrected chi connectivity index (χ1v) is 7.17. The van der Waals surface area contributed by atoms with E-state index in [4.69, 9.17) is 5.73 Å². The van der Waals surface area contributed by atoms with Gasteiger partial charge in [-0.15, -0.1) is 11.3 Å². The van der Waals surface area contributed by atoms with Crippen molar-refractivity contribution in [1.29, 1.82) is 0 Å². The minimum absolute atomic E-state index is 0.325. The van der Waals surface area contributed by atoms with Crippen LogP contribution in [0.2, 0.25) is 0 Å². The molecule has 2 heterocycles. The van der Waals surface area contributed by atoms with Gasteiger partial charge in [0.05, 0.1) is 27.1 Å². The number of imidazole rings is 1. The molecule has 2 N–H and O–H groups in total. The highest BCUT2D eigenvalue weighted by Gasteiger charge is 2.12. The molecule has 0 aliphatic carbocycles. The van der Waals surface area contributed by atoms with Crippen molar-refractivity contribution < 1.29 is 4.39 Å². The van der Waals surface area contributed by atoms with Crippen LogP contribution in [0.15, 0.2) is 22.8 Å². The van der Waals surface area contributed by atoms with Crippen LogP contribution in [-0.4, -0.2) is 14.5 Å². The number of rotatable bonds is 2. The number of thiazole rings is 1. The molecule has 3 aromatic rings. The third kappa shape index (κ3) is 2.23. The number of aryl methyl sites for hydroxylation is 1. The molecule has 4 nitrogen and oxygen atoms in total. The lowest BCUT2D eigenvalue weighted by molar-refractivity contribution is 0.622. The molecule has 0 unspecified atom stereocenters. The fourth-order valence-corrected chi connectivity index (χ4v) is 3.05. The maximum Gasteiger partial charge on any atom is 0.201 e. The summed E-state index contributed by atoms with van der Waals surface area (Å²) in [6.45, 7) is 2.50. The summed E-state index contributed by atoms with van der Waals surface area (Å²) in [5.41, 5.74) is 7.26. The number of hydrogen-bond donors (Lipinski definition) is 1. The minimum Gasteiger partial charge on any atom is -0.369 e. The fraction of sp³-hybridized carbons (Fsp3) is 0.167. The van der Waals surface area contributed by atoms with E-state index in [1.165, 1.54) is 6.07 Å². The summed E-state index contributed by atoms with van der Waals surface area (Å²) < 4.78 is 15.8. The largest absolute Gasteiger partial charge is 0.369 e. The average molecular weight is 341 g/mol. The van der Waals surface area contributed by atoms with Gasteiger partial charge in [0.15, 0.2) is 0 Å². The predicted molar refractivity (Wildman–Crippen MR) is 77.8 cm³/mol. The van der Waals surface area contributed by atoms with E-state index < -0.39 is 0 Å². The molecule has 2 aromatic heterocycles. The van der Waals surface area contributed by atoms with Crippen molar-refractivity contribution >= 4 is 44.2 Å². The van der Waals surface area contributed by atoms with Gasteiger partial charge in [0.2, 0.25) is 5.95 Å². The summed E-state index contributed by atoms with van der Waals surface area (Å²) in [5, 5.41) is 0.993. The van der Waals surface area contributed by atoms with E-state index in [2.05, 4.69) is 25.9 Å². The first-order valence-electron chi connectivity index (χ1n) is 5.56. The highest BCUT2D eigenvalue weighted by atomic mass is 79.9. The first kappa shape index (κ1) is 12.6. The molecule has 0 saturated carbocycles. The zero-order valence-electron chi connectivity index (χ0n) is 10.0. The number of aromatic nitrogens is 3. The normalized spacial score (nSPS) is 11.3. The van der Waals surface area contributed by atoms with Gasteiger partial charge in [-0.25, -0.2) is 14.4 Å². The Bertz CT molecular complexity index is 765. The molecule has 3 rings (SSSR count). The zero-order chi connectivity index (χ0) is 13.6. The highest BCUT2D eigenvalue weighted by Crippen LogP contribution is 2.26. The Labute approximate surface area is 121 Å². The van der Waals surface area contributed by atoms with Gasteiger partial charge < -0.3 is 10.3 Å². The molecule has 19 heavy (non-hydrogen) atoms. The summed E-state index contributed by atoms with van der Waals surface area (Å²) >= 11 is 4.74. The number of anilines is 1. The molecular formula is C12H10BrFN4S. The Hall–Kier alpha value is -1.47. The summed E-state index contributed by atoms with van der Waals surface area (Å²) in [6.07, 6.45) is 1.81. The van der Waals surface area contributed by atoms with Crippen molar-refractivity contribution in [1.82, 2.24) is 14.5 Å². The second-order valence-corrected chi connectivity index (χ2v) is 6.33. The molecule has 98 valence electrons. The molecule has 0 bridgehead atoms. The number of nitrogen functional groups attached to an aromatic ring is 1. The summed E-state index contributed by atoms with van der Waals surface area (Å²) in [4.78, 5) is 9.51. The van der Waals surface area contributed by atoms with Crippen molar-refractivity contribution in [2.75, 3.05) is 5.73 Å². The highest BCUT2D eigenvalue weighted by molar-refractivity contribution is 9.10. The number of nitrogens with two attached hydrogens (primary N) is 1. The molecule has 0 fully saturated rings. The predicted octanol–water partition coefficient (Wildman–Crippen LogP) is 3.33.